The Balaban J connectivity index is 2.73. The van der Waals surface area contributed by atoms with E-state index in [0.717, 1.165) is 0 Å². The highest BCUT2D eigenvalue weighted by Crippen LogP contribution is 2.22. The molecule has 0 amide bonds. The van der Waals surface area contributed by atoms with E-state index < -0.39 is 22.1 Å². The van der Waals surface area contributed by atoms with Crippen molar-refractivity contribution in [2.75, 3.05) is 0 Å². The molecule has 0 radical (unpaired) electrons. The predicted octanol–water partition coefficient (Wildman–Crippen LogP) is 2.39. The van der Waals surface area contributed by atoms with Crippen LogP contribution in [0.25, 0.3) is 0 Å². The van der Waals surface area contributed by atoms with Gasteiger partial charge in [0.25, 0.3) is 0 Å². The van der Waals surface area contributed by atoms with E-state index in [4.69, 9.17) is 0 Å². The predicted molar refractivity (Wildman–Crippen MR) is 56.0 cm³/mol. The van der Waals surface area contributed by atoms with Crippen molar-refractivity contribution in [3.8, 4) is 0 Å². The molecule has 0 fully saturated rings. The molecule has 0 saturated heterocycles. The lowest BCUT2D eigenvalue weighted by atomic mass is 10.2. The van der Waals surface area contributed by atoms with Gasteiger partial charge in [-0.05, 0) is 17.7 Å². The van der Waals surface area contributed by atoms with E-state index in [9.17, 15) is 21.6 Å². The molecule has 0 unspecified atom stereocenters. The minimum Gasteiger partial charge on any atom is -0.203 e. The summed E-state index contributed by atoms with van der Waals surface area (Å²) >= 11 is 3.12. The first-order valence-electron chi connectivity index (χ1n) is 4.03. The van der Waals surface area contributed by atoms with Crippen LogP contribution >= 0.6 is 15.9 Å². The minimum atomic E-state index is -5.28. The van der Waals surface area contributed by atoms with Crippen LogP contribution in [0.1, 0.15) is 5.56 Å². The van der Waals surface area contributed by atoms with E-state index in [2.05, 4.69) is 15.9 Å². The fraction of sp³-hybridized carbons (Fsp3) is 0.250. The maximum absolute atomic E-state index is 12.0. The Morgan fingerprint density at radius 3 is 2.44 bits per heavy atom. The van der Waals surface area contributed by atoms with E-state index in [-0.39, 0.29) is 0 Å². The van der Waals surface area contributed by atoms with Crippen LogP contribution in [0.2, 0.25) is 0 Å². The Labute approximate surface area is 98.8 Å². The van der Waals surface area contributed by atoms with Gasteiger partial charge in [-0.2, -0.15) is 13.2 Å². The summed E-state index contributed by atoms with van der Waals surface area (Å²) in [5, 5.41) is 0. The van der Waals surface area contributed by atoms with Gasteiger partial charge in [0.1, 0.15) is 0 Å². The van der Waals surface area contributed by atoms with Gasteiger partial charge in [-0.3, -0.25) is 0 Å². The van der Waals surface area contributed by atoms with Gasteiger partial charge in [0.2, 0.25) is 0 Å². The van der Waals surface area contributed by atoms with E-state index in [0.29, 0.717) is 10.0 Å². The summed E-state index contributed by atoms with van der Waals surface area (Å²) < 4.78 is 59.3. The number of hydrogen-bond acceptors (Lipinski definition) is 2. The standard InChI is InChI=1S/C8H7BrF3NO2S/c9-7-3-1-2-6(4-7)5-13-16(14,15)8(10,11)12/h1-4,13H,5H2. The summed E-state index contributed by atoms with van der Waals surface area (Å²) in [4.78, 5) is 0. The van der Waals surface area contributed by atoms with Crippen LogP contribution in [0.5, 0.6) is 0 Å². The maximum Gasteiger partial charge on any atom is 0.511 e. The molecule has 8 heteroatoms. The highest BCUT2D eigenvalue weighted by Gasteiger charge is 2.45. The number of rotatable bonds is 3. The number of sulfonamides is 1. The summed E-state index contributed by atoms with van der Waals surface area (Å²) in [6, 6.07) is 6.33. The quantitative estimate of drug-likeness (QED) is 0.930. The second-order valence-electron chi connectivity index (χ2n) is 2.90. The second kappa shape index (κ2) is 4.72. The fourth-order valence-electron chi connectivity index (χ4n) is 0.907. The molecule has 0 saturated carbocycles. The summed E-state index contributed by atoms with van der Waals surface area (Å²) in [6.07, 6.45) is 0. The highest BCUT2D eigenvalue weighted by atomic mass is 79.9. The third-order valence-corrected chi connectivity index (χ3v) is 3.29. The van der Waals surface area contributed by atoms with Crippen LogP contribution in [0.4, 0.5) is 13.2 Å². The van der Waals surface area contributed by atoms with Gasteiger partial charge in [0.05, 0.1) is 0 Å². The Morgan fingerprint density at radius 1 is 1.31 bits per heavy atom. The molecular formula is C8H7BrF3NO2S. The molecule has 16 heavy (non-hydrogen) atoms. The summed E-state index contributed by atoms with van der Waals surface area (Å²) in [7, 11) is -5.27. The molecule has 0 aliphatic rings. The van der Waals surface area contributed by atoms with E-state index in [1.54, 1.807) is 12.1 Å². The lowest BCUT2D eigenvalue weighted by molar-refractivity contribution is -0.0448. The molecule has 0 heterocycles. The molecule has 1 aromatic carbocycles. The van der Waals surface area contributed by atoms with Crippen molar-refractivity contribution in [3.05, 3.63) is 34.3 Å². The van der Waals surface area contributed by atoms with Gasteiger partial charge in [-0.15, -0.1) is 0 Å². The molecule has 1 N–H and O–H groups in total. The number of alkyl halides is 3. The second-order valence-corrected chi connectivity index (χ2v) is 5.57. The molecule has 3 nitrogen and oxygen atoms in total. The largest absolute Gasteiger partial charge is 0.511 e. The average Bonchev–Trinajstić information content (AvgIpc) is 2.13. The van der Waals surface area contributed by atoms with Crippen LogP contribution in [-0.2, 0) is 16.6 Å². The van der Waals surface area contributed by atoms with Crippen molar-refractivity contribution in [1.82, 2.24) is 4.72 Å². The fourth-order valence-corrected chi connectivity index (χ4v) is 1.87. The molecule has 0 bridgehead atoms. The van der Waals surface area contributed by atoms with Crippen molar-refractivity contribution in [2.24, 2.45) is 0 Å². The monoisotopic (exact) mass is 317 g/mol. The Morgan fingerprint density at radius 2 is 1.94 bits per heavy atom. The van der Waals surface area contributed by atoms with E-state index >= 15 is 0 Å². The van der Waals surface area contributed by atoms with Gasteiger partial charge in [0, 0.05) is 11.0 Å². The number of benzene rings is 1. The molecule has 0 aliphatic carbocycles. The number of nitrogens with one attached hydrogen (secondary N) is 1. The van der Waals surface area contributed by atoms with Crippen molar-refractivity contribution in [2.45, 2.75) is 12.1 Å². The maximum atomic E-state index is 12.0. The van der Waals surface area contributed by atoms with Gasteiger partial charge >= 0.3 is 15.5 Å². The van der Waals surface area contributed by atoms with Crippen LogP contribution in [-0.4, -0.2) is 13.9 Å². The average molecular weight is 318 g/mol. The zero-order chi connectivity index (χ0) is 12.4. The molecular weight excluding hydrogens is 311 g/mol. The van der Waals surface area contributed by atoms with Crippen LogP contribution < -0.4 is 4.72 Å². The minimum absolute atomic E-state index is 0.402. The third kappa shape index (κ3) is 3.46. The van der Waals surface area contributed by atoms with Crippen molar-refractivity contribution in [3.63, 3.8) is 0 Å². The van der Waals surface area contributed by atoms with Crippen LogP contribution in [0, 0.1) is 0 Å². The van der Waals surface area contributed by atoms with E-state index in [1.165, 1.54) is 16.9 Å². The Kier molecular flexibility index (Phi) is 3.97. The van der Waals surface area contributed by atoms with Crippen LogP contribution in [0.15, 0.2) is 28.7 Å². The van der Waals surface area contributed by atoms with Gasteiger partial charge in [-0.25, -0.2) is 13.1 Å². The number of hydrogen-bond donors (Lipinski definition) is 1. The normalized spacial score (nSPS) is 12.8. The van der Waals surface area contributed by atoms with Crippen molar-refractivity contribution < 1.29 is 21.6 Å². The Bertz CT molecular complexity index is 472. The lowest BCUT2D eigenvalue weighted by Crippen LogP contribution is -2.35. The van der Waals surface area contributed by atoms with Gasteiger partial charge in [-0.1, -0.05) is 28.1 Å². The van der Waals surface area contributed by atoms with E-state index in [1.807, 2.05) is 0 Å². The van der Waals surface area contributed by atoms with Crippen molar-refractivity contribution >= 4 is 26.0 Å². The first-order chi connectivity index (χ1) is 7.22. The third-order valence-electron chi connectivity index (χ3n) is 1.66. The highest BCUT2D eigenvalue weighted by molar-refractivity contribution is 9.10. The molecule has 0 spiro atoms. The van der Waals surface area contributed by atoms with Crippen molar-refractivity contribution in [1.29, 1.82) is 0 Å². The summed E-state index contributed by atoms with van der Waals surface area (Å²) in [5.41, 5.74) is -4.85. The first kappa shape index (κ1) is 13.5. The smallest absolute Gasteiger partial charge is 0.203 e. The molecule has 90 valence electrons. The topological polar surface area (TPSA) is 46.2 Å². The first-order valence-corrected chi connectivity index (χ1v) is 6.30. The number of halogens is 4. The molecule has 0 aliphatic heterocycles. The lowest BCUT2D eigenvalue weighted by Gasteiger charge is -2.09. The zero-order valence-corrected chi connectivity index (χ0v) is 10.2. The molecule has 0 atom stereocenters. The van der Waals surface area contributed by atoms with Crippen LogP contribution in [0.3, 0.4) is 0 Å². The zero-order valence-electron chi connectivity index (χ0n) is 7.75. The Hall–Kier alpha value is -0.600. The molecule has 1 rings (SSSR count). The SMILES string of the molecule is O=S(=O)(NCc1cccc(Br)c1)C(F)(F)F. The summed E-state index contributed by atoms with van der Waals surface area (Å²) in [6.45, 7) is -0.402. The molecule has 1 aromatic rings. The summed E-state index contributed by atoms with van der Waals surface area (Å²) in [5.74, 6) is 0. The van der Waals surface area contributed by atoms with Gasteiger partial charge in [0.15, 0.2) is 0 Å². The molecule has 0 aromatic heterocycles. The van der Waals surface area contributed by atoms with Gasteiger partial charge < -0.3 is 0 Å².